The SMILES string of the molecule is CONC(=O)c1ccc(Cl)cn1. The Bertz CT molecular complexity index is 273. The van der Waals surface area contributed by atoms with Gasteiger partial charge in [0.2, 0.25) is 0 Å². The van der Waals surface area contributed by atoms with Gasteiger partial charge < -0.3 is 0 Å². The first-order chi connectivity index (χ1) is 5.74. The topological polar surface area (TPSA) is 51.2 Å². The lowest BCUT2D eigenvalue weighted by Crippen LogP contribution is -2.22. The van der Waals surface area contributed by atoms with Gasteiger partial charge in [0.15, 0.2) is 0 Å². The highest BCUT2D eigenvalue weighted by molar-refractivity contribution is 6.30. The van der Waals surface area contributed by atoms with E-state index in [9.17, 15) is 4.79 Å². The van der Waals surface area contributed by atoms with E-state index in [1.807, 2.05) is 0 Å². The minimum absolute atomic E-state index is 0.265. The first-order valence-electron chi connectivity index (χ1n) is 3.19. The van der Waals surface area contributed by atoms with Crippen LogP contribution >= 0.6 is 11.6 Å². The molecule has 4 nitrogen and oxygen atoms in total. The van der Waals surface area contributed by atoms with Gasteiger partial charge in [-0.15, -0.1) is 0 Å². The van der Waals surface area contributed by atoms with E-state index in [-0.39, 0.29) is 5.69 Å². The number of hydrogen-bond donors (Lipinski definition) is 1. The summed E-state index contributed by atoms with van der Waals surface area (Å²) < 4.78 is 0. The number of nitrogens with zero attached hydrogens (tertiary/aromatic N) is 1. The number of aromatic nitrogens is 1. The molecule has 5 heteroatoms. The van der Waals surface area contributed by atoms with Crippen LogP contribution in [0.1, 0.15) is 10.5 Å². The summed E-state index contributed by atoms with van der Waals surface area (Å²) in [5.74, 6) is -0.394. The predicted molar refractivity (Wildman–Crippen MR) is 43.7 cm³/mol. The van der Waals surface area contributed by atoms with Crippen molar-refractivity contribution in [1.29, 1.82) is 0 Å². The fourth-order valence-corrected chi connectivity index (χ4v) is 0.767. The minimum atomic E-state index is -0.394. The Morgan fingerprint density at radius 1 is 1.67 bits per heavy atom. The maximum absolute atomic E-state index is 11.0. The van der Waals surface area contributed by atoms with Crippen LogP contribution in [0.25, 0.3) is 0 Å². The van der Waals surface area contributed by atoms with Gasteiger partial charge in [0.1, 0.15) is 5.69 Å². The summed E-state index contributed by atoms with van der Waals surface area (Å²) in [6.07, 6.45) is 1.39. The Kier molecular flexibility index (Phi) is 3.01. The molecule has 1 rings (SSSR count). The number of carbonyl (C=O) groups is 1. The van der Waals surface area contributed by atoms with Crippen LogP contribution in [0.15, 0.2) is 18.3 Å². The molecule has 1 amide bonds. The van der Waals surface area contributed by atoms with Crippen molar-refractivity contribution in [3.05, 3.63) is 29.0 Å². The highest BCUT2D eigenvalue weighted by Gasteiger charge is 2.04. The molecule has 0 saturated carbocycles. The van der Waals surface area contributed by atoms with Crippen LogP contribution in [-0.4, -0.2) is 18.0 Å². The van der Waals surface area contributed by atoms with Crippen molar-refractivity contribution in [1.82, 2.24) is 10.5 Å². The molecule has 0 aliphatic carbocycles. The summed E-state index contributed by atoms with van der Waals surface area (Å²) in [6, 6.07) is 3.09. The first kappa shape index (κ1) is 8.96. The highest BCUT2D eigenvalue weighted by atomic mass is 35.5. The molecule has 0 atom stereocenters. The number of amides is 1. The monoisotopic (exact) mass is 186 g/mol. The molecule has 0 bridgehead atoms. The molecule has 0 aliphatic heterocycles. The average Bonchev–Trinajstić information content (AvgIpc) is 2.06. The lowest BCUT2D eigenvalue weighted by atomic mass is 10.3. The van der Waals surface area contributed by atoms with Crippen LogP contribution in [0.5, 0.6) is 0 Å². The number of carbonyl (C=O) groups excluding carboxylic acids is 1. The Labute approximate surface area is 74.5 Å². The number of hydroxylamine groups is 1. The molecule has 0 spiro atoms. The summed E-state index contributed by atoms with van der Waals surface area (Å²) in [5, 5.41) is 0.490. The van der Waals surface area contributed by atoms with Crippen molar-refractivity contribution in [3.63, 3.8) is 0 Å². The first-order valence-corrected chi connectivity index (χ1v) is 3.56. The third kappa shape index (κ3) is 2.18. The Balaban J connectivity index is 2.75. The van der Waals surface area contributed by atoms with Gasteiger partial charge in [0.25, 0.3) is 5.91 Å². The van der Waals surface area contributed by atoms with E-state index >= 15 is 0 Å². The smallest absolute Gasteiger partial charge is 0.277 e. The van der Waals surface area contributed by atoms with Gasteiger partial charge in [-0.1, -0.05) is 11.6 Å². The maximum Gasteiger partial charge on any atom is 0.293 e. The lowest BCUT2D eigenvalue weighted by Gasteiger charge is -1.99. The van der Waals surface area contributed by atoms with Crippen molar-refractivity contribution >= 4 is 17.5 Å². The van der Waals surface area contributed by atoms with Gasteiger partial charge >= 0.3 is 0 Å². The van der Waals surface area contributed by atoms with E-state index in [0.717, 1.165) is 0 Å². The van der Waals surface area contributed by atoms with E-state index < -0.39 is 5.91 Å². The minimum Gasteiger partial charge on any atom is -0.277 e. The molecule has 12 heavy (non-hydrogen) atoms. The molecule has 1 aromatic rings. The van der Waals surface area contributed by atoms with Crippen molar-refractivity contribution in [2.24, 2.45) is 0 Å². The fourth-order valence-electron chi connectivity index (χ4n) is 0.655. The summed E-state index contributed by atoms with van der Waals surface area (Å²) in [5.41, 5.74) is 2.40. The number of rotatable bonds is 2. The van der Waals surface area contributed by atoms with Crippen molar-refractivity contribution in [3.8, 4) is 0 Å². The number of nitrogens with one attached hydrogen (secondary N) is 1. The van der Waals surface area contributed by atoms with Gasteiger partial charge in [-0.2, -0.15) is 0 Å². The second-order valence-corrected chi connectivity index (χ2v) is 2.43. The van der Waals surface area contributed by atoms with Crippen LogP contribution in [0.4, 0.5) is 0 Å². The van der Waals surface area contributed by atoms with Crippen LogP contribution in [0.2, 0.25) is 5.02 Å². The zero-order valence-corrected chi connectivity index (χ0v) is 7.13. The van der Waals surface area contributed by atoms with E-state index in [2.05, 4.69) is 15.3 Å². The summed E-state index contributed by atoms with van der Waals surface area (Å²) in [7, 11) is 1.35. The fraction of sp³-hybridized carbons (Fsp3) is 0.143. The predicted octanol–water partition coefficient (Wildman–Crippen LogP) is 1.03. The van der Waals surface area contributed by atoms with Crippen molar-refractivity contribution in [2.45, 2.75) is 0 Å². The number of pyridine rings is 1. The van der Waals surface area contributed by atoms with Crippen LogP contribution in [0, 0.1) is 0 Å². The van der Waals surface area contributed by atoms with Gasteiger partial charge in [-0.25, -0.2) is 10.5 Å². The maximum atomic E-state index is 11.0. The zero-order valence-electron chi connectivity index (χ0n) is 6.37. The standard InChI is InChI=1S/C7H7ClN2O2/c1-12-10-7(11)6-3-2-5(8)4-9-6/h2-4H,1H3,(H,10,11). The molecule has 0 saturated heterocycles. The van der Waals surface area contributed by atoms with Crippen LogP contribution in [0.3, 0.4) is 0 Å². The van der Waals surface area contributed by atoms with E-state index in [1.165, 1.54) is 19.4 Å². The second-order valence-electron chi connectivity index (χ2n) is 2.00. The molecule has 1 aromatic heterocycles. The lowest BCUT2D eigenvalue weighted by molar-refractivity contribution is 0.0532. The van der Waals surface area contributed by atoms with Gasteiger partial charge in [0.05, 0.1) is 12.1 Å². The molecular weight excluding hydrogens is 180 g/mol. The molecule has 1 heterocycles. The highest BCUT2D eigenvalue weighted by Crippen LogP contribution is 2.05. The van der Waals surface area contributed by atoms with Crippen LogP contribution in [-0.2, 0) is 4.84 Å². The van der Waals surface area contributed by atoms with Gasteiger partial charge in [-0.05, 0) is 12.1 Å². The van der Waals surface area contributed by atoms with E-state index in [4.69, 9.17) is 11.6 Å². The Morgan fingerprint density at radius 2 is 2.42 bits per heavy atom. The third-order valence-electron chi connectivity index (χ3n) is 1.15. The van der Waals surface area contributed by atoms with Crippen LogP contribution < -0.4 is 5.48 Å². The quantitative estimate of drug-likeness (QED) is 0.702. The molecule has 1 N–H and O–H groups in total. The molecular formula is C7H7ClN2O2. The summed E-state index contributed by atoms with van der Waals surface area (Å²) in [6.45, 7) is 0. The Morgan fingerprint density at radius 3 is 2.92 bits per heavy atom. The summed E-state index contributed by atoms with van der Waals surface area (Å²) in [4.78, 5) is 19.2. The van der Waals surface area contributed by atoms with Crippen molar-refractivity contribution < 1.29 is 9.63 Å². The summed E-state index contributed by atoms with van der Waals surface area (Å²) >= 11 is 5.57. The normalized spacial score (nSPS) is 9.50. The average molecular weight is 187 g/mol. The molecule has 64 valence electrons. The molecule has 0 aliphatic rings. The van der Waals surface area contributed by atoms with E-state index in [0.29, 0.717) is 5.02 Å². The zero-order chi connectivity index (χ0) is 8.97. The number of hydrogen-bond acceptors (Lipinski definition) is 3. The molecule has 0 unspecified atom stereocenters. The third-order valence-corrected chi connectivity index (χ3v) is 1.38. The van der Waals surface area contributed by atoms with Gasteiger partial charge in [0, 0.05) is 6.20 Å². The van der Waals surface area contributed by atoms with Gasteiger partial charge in [-0.3, -0.25) is 9.63 Å². The largest absolute Gasteiger partial charge is 0.293 e. The molecule has 0 radical (unpaired) electrons. The molecule has 0 aromatic carbocycles. The molecule has 0 fully saturated rings. The van der Waals surface area contributed by atoms with E-state index in [1.54, 1.807) is 6.07 Å². The Hall–Kier alpha value is -1.13. The number of halogens is 1. The second kappa shape index (κ2) is 4.04. The van der Waals surface area contributed by atoms with Crippen molar-refractivity contribution in [2.75, 3.05) is 7.11 Å².